The maximum atomic E-state index is 14.3. The average molecular weight is 482 g/mol. The van der Waals surface area contributed by atoms with Gasteiger partial charge in [0.2, 0.25) is 11.8 Å². The number of aliphatic hydroxyl groups excluding tert-OH is 1. The summed E-state index contributed by atoms with van der Waals surface area (Å²) in [4.78, 5) is 28.2. The molecule has 188 valence electrons. The number of aliphatic hydroxyl groups is 1. The highest BCUT2D eigenvalue weighted by Crippen LogP contribution is 2.64. The first-order valence-electron chi connectivity index (χ1n) is 12.2. The zero-order valence-corrected chi connectivity index (χ0v) is 19.8. The summed E-state index contributed by atoms with van der Waals surface area (Å²) < 4.78 is 35.7. The van der Waals surface area contributed by atoms with Gasteiger partial charge in [0.25, 0.3) is 5.92 Å². The molecule has 5 atom stereocenters. The molecule has 34 heavy (non-hydrogen) atoms. The van der Waals surface area contributed by atoms with Crippen LogP contribution in [0.3, 0.4) is 0 Å². The standard InChI is InChI=1S/C23H33F2N5O4/c1-21(2,3)18(30-11-15(27-28-30)13-6-7-13)20(33)29-10-14(31)9-16(29)19(32)26-12-22-17(23(22,24)25)5-4-8-34-22/h11,13-14,16-18,31H,4-10,12H2,1-3H3,(H,26,32)/t14-,16+,17-,18-,22+/m1/s1. The lowest BCUT2D eigenvalue weighted by Crippen LogP contribution is -2.52. The summed E-state index contributed by atoms with van der Waals surface area (Å²) >= 11 is 0. The highest BCUT2D eigenvalue weighted by molar-refractivity contribution is 5.90. The minimum absolute atomic E-state index is 0.00585. The number of amides is 2. The normalized spacial score (nSPS) is 33.4. The first-order chi connectivity index (χ1) is 16.0. The lowest BCUT2D eigenvalue weighted by Gasteiger charge is -2.34. The number of β-amino-alcohol motifs (C(OH)–C–C–N with tert-alkyl or cyclic N) is 1. The topological polar surface area (TPSA) is 110 Å². The van der Waals surface area contributed by atoms with Crippen LogP contribution in [0.4, 0.5) is 8.78 Å². The van der Waals surface area contributed by atoms with Crippen molar-refractivity contribution in [2.24, 2.45) is 11.3 Å². The molecule has 2 amide bonds. The molecule has 9 nitrogen and oxygen atoms in total. The van der Waals surface area contributed by atoms with Gasteiger partial charge in [0.1, 0.15) is 12.1 Å². The monoisotopic (exact) mass is 481 g/mol. The maximum Gasteiger partial charge on any atom is 0.284 e. The number of fused-ring (bicyclic) bond motifs is 1. The zero-order chi connectivity index (χ0) is 24.5. The van der Waals surface area contributed by atoms with Gasteiger partial charge in [-0.15, -0.1) is 5.10 Å². The van der Waals surface area contributed by atoms with Crippen LogP contribution >= 0.6 is 0 Å². The van der Waals surface area contributed by atoms with Gasteiger partial charge in [-0.25, -0.2) is 13.5 Å². The number of alkyl halides is 2. The molecule has 0 spiro atoms. The highest BCUT2D eigenvalue weighted by atomic mass is 19.3. The third kappa shape index (κ3) is 3.80. The van der Waals surface area contributed by atoms with E-state index in [0.717, 1.165) is 18.5 Å². The number of nitrogens with one attached hydrogen (secondary N) is 1. The van der Waals surface area contributed by atoms with Crippen molar-refractivity contribution in [1.82, 2.24) is 25.2 Å². The molecular weight excluding hydrogens is 448 g/mol. The first-order valence-corrected chi connectivity index (χ1v) is 12.2. The zero-order valence-electron chi connectivity index (χ0n) is 19.8. The fourth-order valence-electron chi connectivity index (χ4n) is 5.61. The van der Waals surface area contributed by atoms with Crippen molar-refractivity contribution in [1.29, 1.82) is 0 Å². The van der Waals surface area contributed by atoms with Gasteiger partial charge in [-0.2, -0.15) is 0 Å². The van der Waals surface area contributed by atoms with Gasteiger partial charge in [-0.05, 0) is 31.1 Å². The number of halogens is 2. The highest BCUT2D eigenvalue weighted by Gasteiger charge is 2.82. The number of hydrogen-bond donors (Lipinski definition) is 2. The minimum atomic E-state index is -2.97. The van der Waals surface area contributed by atoms with Gasteiger partial charge in [-0.1, -0.05) is 26.0 Å². The molecule has 2 aliphatic carbocycles. The molecule has 0 unspecified atom stereocenters. The summed E-state index contributed by atoms with van der Waals surface area (Å²) in [5.41, 5.74) is -1.34. The Balaban J connectivity index is 1.32. The Bertz CT molecular complexity index is 975. The van der Waals surface area contributed by atoms with Gasteiger partial charge >= 0.3 is 0 Å². The summed E-state index contributed by atoms with van der Waals surface area (Å²) in [7, 11) is 0. The summed E-state index contributed by atoms with van der Waals surface area (Å²) in [6.07, 6.45) is 4.01. The third-order valence-corrected chi connectivity index (χ3v) is 7.71. The van der Waals surface area contributed by atoms with Crippen molar-refractivity contribution in [2.45, 2.75) is 88.5 Å². The van der Waals surface area contributed by atoms with Gasteiger partial charge in [0.15, 0.2) is 5.60 Å². The van der Waals surface area contributed by atoms with Crippen molar-refractivity contribution < 1.29 is 28.2 Å². The van der Waals surface area contributed by atoms with Crippen molar-refractivity contribution >= 4 is 11.8 Å². The quantitative estimate of drug-likeness (QED) is 0.639. The van der Waals surface area contributed by atoms with E-state index in [9.17, 15) is 23.5 Å². The van der Waals surface area contributed by atoms with Crippen molar-refractivity contribution in [3.63, 3.8) is 0 Å². The van der Waals surface area contributed by atoms with E-state index < -0.39 is 47.0 Å². The maximum absolute atomic E-state index is 14.3. The van der Waals surface area contributed by atoms with Crippen LogP contribution < -0.4 is 5.32 Å². The van der Waals surface area contributed by atoms with E-state index in [2.05, 4.69) is 15.6 Å². The number of ether oxygens (including phenoxy) is 1. The summed E-state index contributed by atoms with van der Waals surface area (Å²) in [5.74, 6) is -4.38. The molecule has 4 fully saturated rings. The summed E-state index contributed by atoms with van der Waals surface area (Å²) in [5, 5.41) is 21.3. The predicted molar refractivity (Wildman–Crippen MR) is 116 cm³/mol. The summed E-state index contributed by atoms with van der Waals surface area (Å²) in [6.45, 7) is 5.64. The van der Waals surface area contributed by atoms with Gasteiger partial charge in [-0.3, -0.25) is 9.59 Å². The van der Waals surface area contributed by atoms with Crippen LogP contribution in [0, 0.1) is 11.3 Å². The predicted octanol–water partition coefficient (Wildman–Crippen LogP) is 1.63. The Morgan fingerprint density at radius 2 is 2.06 bits per heavy atom. The SMILES string of the molecule is CC(C)(C)[C@@H](C(=O)N1C[C@H](O)C[C@H]1C(=O)NC[C@]12OCCC[C@H]1C2(F)F)n1cc(C2CC2)nn1. The molecule has 0 radical (unpaired) electrons. The van der Waals surface area contributed by atoms with E-state index in [4.69, 9.17) is 4.74 Å². The Morgan fingerprint density at radius 1 is 1.32 bits per heavy atom. The molecular formula is C23H33F2N5O4. The molecule has 2 aliphatic heterocycles. The number of carbonyl (C=O) groups excluding carboxylic acids is 2. The molecule has 1 aromatic rings. The molecule has 2 saturated heterocycles. The molecule has 2 N–H and O–H groups in total. The smallest absolute Gasteiger partial charge is 0.284 e. The average Bonchev–Trinajstić information content (AvgIpc) is 3.55. The Labute approximate surface area is 197 Å². The molecule has 0 bridgehead atoms. The number of rotatable bonds is 6. The van der Waals surface area contributed by atoms with Crippen LogP contribution in [0.2, 0.25) is 0 Å². The molecule has 11 heteroatoms. The van der Waals surface area contributed by atoms with E-state index in [0.29, 0.717) is 18.8 Å². The number of carbonyl (C=O) groups is 2. The lowest BCUT2D eigenvalue weighted by molar-refractivity contribution is -0.144. The Morgan fingerprint density at radius 3 is 2.71 bits per heavy atom. The van der Waals surface area contributed by atoms with Crippen LogP contribution in [0.1, 0.15) is 70.5 Å². The molecule has 3 heterocycles. The lowest BCUT2D eigenvalue weighted by atomic mass is 9.85. The summed E-state index contributed by atoms with van der Waals surface area (Å²) in [6, 6.07) is -1.69. The van der Waals surface area contributed by atoms with Gasteiger partial charge < -0.3 is 20.1 Å². The second kappa shape index (κ2) is 7.94. The van der Waals surface area contributed by atoms with E-state index in [1.807, 2.05) is 20.8 Å². The second-order valence-corrected chi connectivity index (χ2v) is 11.3. The first kappa shape index (κ1) is 23.6. The minimum Gasteiger partial charge on any atom is -0.391 e. The third-order valence-electron chi connectivity index (χ3n) is 7.71. The van der Waals surface area contributed by atoms with Gasteiger partial charge in [0.05, 0.1) is 24.3 Å². The number of nitrogens with zero attached hydrogens (tertiary/aromatic N) is 4. The van der Waals surface area contributed by atoms with Crippen LogP contribution in [0.15, 0.2) is 6.20 Å². The fourth-order valence-corrected chi connectivity index (χ4v) is 5.61. The number of likely N-dealkylation sites (tertiary alicyclic amines) is 1. The second-order valence-electron chi connectivity index (χ2n) is 11.3. The Kier molecular flexibility index (Phi) is 5.51. The van der Waals surface area contributed by atoms with Crippen LogP contribution in [-0.4, -0.2) is 80.2 Å². The van der Waals surface area contributed by atoms with Crippen LogP contribution in [0.5, 0.6) is 0 Å². The van der Waals surface area contributed by atoms with Crippen LogP contribution in [0.25, 0.3) is 0 Å². The molecule has 2 saturated carbocycles. The van der Waals surface area contributed by atoms with E-state index in [1.165, 1.54) is 4.90 Å². The molecule has 0 aromatic carbocycles. The molecule has 5 rings (SSSR count). The fraction of sp³-hybridized carbons (Fsp3) is 0.826. The van der Waals surface area contributed by atoms with E-state index in [1.54, 1.807) is 10.9 Å². The largest absolute Gasteiger partial charge is 0.391 e. The molecule has 4 aliphatic rings. The van der Waals surface area contributed by atoms with Crippen molar-refractivity contribution in [2.75, 3.05) is 19.7 Å². The van der Waals surface area contributed by atoms with Gasteiger partial charge in [0, 0.05) is 31.7 Å². The van der Waals surface area contributed by atoms with Crippen LogP contribution in [-0.2, 0) is 14.3 Å². The van der Waals surface area contributed by atoms with Crippen molar-refractivity contribution in [3.05, 3.63) is 11.9 Å². The van der Waals surface area contributed by atoms with Crippen molar-refractivity contribution in [3.8, 4) is 0 Å². The van der Waals surface area contributed by atoms with E-state index >= 15 is 0 Å². The molecule has 1 aromatic heterocycles. The van der Waals surface area contributed by atoms with E-state index in [-0.39, 0.29) is 32.0 Å². The number of aromatic nitrogens is 3. The Hall–Kier alpha value is -2.14. The number of hydrogen-bond acceptors (Lipinski definition) is 6.